The highest BCUT2D eigenvalue weighted by atomic mass is 79.9. The van der Waals surface area contributed by atoms with Gasteiger partial charge in [-0.3, -0.25) is 9.59 Å². The number of likely N-dealkylation sites (tertiary alicyclic amines) is 1. The minimum absolute atomic E-state index is 0.0679. The predicted octanol–water partition coefficient (Wildman–Crippen LogP) is 4.26. The van der Waals surface area contributed by atoms with E-state index in [0.29, 0.717) is 17.9 Å². The second kappa shape index (κ2) is 7.27. The van der Waals surface area contributed by atoms with Crippen molar-refractivity contribution in [3.05, 3.63) is 64.0 Å². The van der Waals surface area contributed by atoms with Gasteiger partial charge in [-0.15, -0.1) is 0 Å². The molecule has 25 heavy (non-hydrogen) atoms. The number of aliphatic hydroxyl groups is 1. The molecule has 2 heterocycles. The molecule has 5 nitrogen and oxygen atoms in total. The van der Waals surface area contributed by atoms with E-state index in [4.69, 9.17) is 4.42 Å². The summed E-state index contributed by atoms with van der Waals surface area (Å²) in [6.45, 7) is 2.45. The van der Waals surface area contributed by atoms with Gasteiger partial charge in [0, 0.05) is 16.6 Å². The van der Waals surface area contributed by atoms with Crippen LogP contribution in [0.2, 0.25) is 0 Å². The Labute approximate surface area is 154 Å². The molecule has 1 aliphatic rings. The first-order valence-electron chi connectivity index (χ1n) is 8.12. The lowest BCUT2D eigenvalue weighted by Crippen LogP contribution is -2.30. The lowest BCUT2D eigenvalue weighted by Gasteiger charge is -2.23. The largest absolute Gasteiger partial charge is 0.507 e. The zero-order chi connectivity index (χ0) is 18.0. The first kappa shape index (κ1) is 17.5. The van der Waals surface area contributed by atoms with Gasteiger partial charge < -0.3 is 14.4 Å². The van der Waals surface area contributed by atoms with Crippen LogP contribution in [0.25, 0.3) is 5.76 Å². The van der Waals surface area contributed by atoms with Crippen molar-refractivity contribution in [3.63, 3.8) is 0 Å². The van der Waals surface area contributed by atoms with Crippen LogP contribution in [0.5, 0.6) is 0 Å². The fourth-order valence-corrected chi connectivity index (χ4v) is 3.21. The molecule has 0 bridgehead atoms. The van der Waals surface area contributed by atoms with Gasteiger partial charge in [0.2, 0.25) is 0 Å². The Bertz CT molecular complexity index is 808. The number of amides is 1. The van der Waals surface area contributed by atoms with Crippen LogP contribution in [0, 0.1) is 0 Å². The number of aliphatic hydroxyl groups excluding tert-OH is 1. The number of furan rings is 1. The van der Waals surface area contributed by atoms with Gasteiger partial charge in [0.1, 0.15) is 17.6 Å². The number of benzene rings is 1. The molecule has 1 amide bonds. The summed E-state index contributed by atoms with van der Waals surface area (Å²) in [4.78, 5) is 26.6. The highest BCUT2D eigenvalue weighted by Crippen LogP contribution is 2.39. The van der Waals surface area contributed by atoms with Gasteiger partial charge in [0.15, 0.2) is 0 Å². The van der Waals surface area contributed by atoms with Gasteiger partial charge >= 0.3 is 0 Å². The molecule has 1 N–H and O–H groups in total. The van der Waals surface area contributed by atoms with Gasteiger partial charge in [-0.05, 0) is 30.7 Å². The van der Waals surface area contributed by atoms with Crippen LogP contribution < -0.4 is 0 Å². The maximum absolute atomic E-state index is 12.6. The van der Waals surface area contributed by atoms with Gasteiger partial charge in [-0.2, -0.15) is 0 Å². The van der Waals surface area contributed by atoms with E-state index in [2.05, 4.69) is 15.9 Å². The van der Waals surface area contributed by atoms with Gasteiger partial charge in [0.05, 0.1) is 11.8 Å². The Hall–Kier alpha value is -2.34. The number of Topliss-reactive ketones (excluding diaryl/α,β-unsaturated/α-hetero) is 1. The van der Waals surface area contributed by atoms with E-state index in [0.717, 1.165) is 17.3 Å². The van der Waals surface area contributed by atoms with Crippen LogP contribution in [0.15, 0.2) is 57.1 Å². The number of unbranched alkanes of at least 4 members (excludes halogenated alkanes) is 1. The first-order chi connectivity index (χ1) is 12.0. The van der Waals surface area contributed by atoms with Crippen molar-refractivity contribution in [1.29, 1.82) is 0 Å². The van der Waals surface area contributed by atoms with E-state index < -0.39 is 17.7 Å². The molecule has 1 aromatic carbocycles. The zero-order valence-corrected chi connectivity index (χ0v) is 15.3. The maximum Gasteiger partial charge on any atom is 0.295 e. The topological polar surface area (TPSA) is 70.8 Å². The van der Waals surface area contributed by atoms with E-state index in [1.165, 1.54) is 11.2 Å². The molecule has 0 spiro atoms. The summed E-state index contributed by atoms with van der Waals surface area (Å²) < 4.78 is 6.32. The first-order valence-corrected chi connectivity index (χ1v) is 8.91. The number of halogens is 1. The van der Waals surface area contributed by atoms with Gasteiger partial charge in [-0.1, -0.05) is 41.4 Å². The molecule has 1 aromatic heterocycles. The second-order valence-corrected chi connectivity index (χ2v) is 6.78. The number of rotatable bonds is 5. The van der Waals surface area contributed by atoms with Crippen molar-refractivity contribution < 1.29 is 19.1 Å². The zero-order valence-electron chi connectivity index (χ0n) is 13.7. The van der Waals surface area contributed by atoms with Crippen LogP contribution >= 0.6 is 15.9 Å². The third-order valence-corrected chi connectivity index (χ3v) is 4.75. The van der Waals surface area contributed by atoms with Gasteiger partial charge in [-0.25, -0.2) is 0 Å². The Morgan fingerprint density at radius 3 is 2.56 bits per heavy atom. The Balaban J connectivity index is 2.11. The summed E-state index contributed by atoms with van der Waals surface area (Å²) in [7, 11) is 0. The van der Waals surface area contributed by atoms with Crippen LogP contribution in [-0.4, -0.2) is 28.2 Å². The third-order valence-electron chi connectivity index (χ3n) is 4.22. The van der Waals surface area contributed by atoms with E-state index >= 15 is 0 Å². The molecule has 1 fully saturated rings. The number of ketones is 1. The molecule has 0 radical (unpaired) electrons. The standard InChI is InChI=1S/C19H18BrNO4/c1-2-3-10-21-16(14-5-4-11-25-14)15(18(23)19(21)24)17(22)12-6-8-13(20)9-7-12/h4-9,11,16,22H,2-3,10H2,1H3/b17-15-. The molecular formula is C19H18BrNO4. The number of carbonyl (C=O) groups is 2. The molecule has 1 atom stereocenters. The van der Waals surface area contributed by atoms with Crippen molar-refractivity contribution in [2.45, 2.75) is 25.8 Å². The van der Waals surface area contributed by atoms with E-state index in [9.17, 15) is 14.7 Å². The van der Waals surface area contributed by atoms with E-state index in [-0.39, 0.29) is 11.3 Å². The van der Waals surface area contributed by atoms with Crippen LogP contribution in [-0.2, 0) is 9.59 Å². The molecule has 6 heteroatoms. The SMILES string of the molecule is CCCCN1C(=O)C(=O)/C(=C(\O)c2ccc(Br)cc2)C1c1ccco1. The summed E-state index contributed by atoms with van der Waals surface area (Å²) in [5, 5.41) is 10.7. The average Bonchev–Trinajstić information content (AvgIpc) is 3.21. The highest BCUT2D eigenvalue weighted by Gasteiger charge is 2.47. The monoisotopic (exact) mass is 403 g/mol. The molecule has 0 saturated carbocycles. The Morgan fingerprint density at radius 2 is 1.96 bits per heavy atom. The fourth-order valence-electron chi connectivity index (χ4n) is 2.95. The van der Waals surface area contributed by atoms with Crippen LogP contribution in [0.3, 0.4) is 0 Å². The molecule has 0 aliphatic carbocycles. The normalized spacial score (nSPS) is 19.6. The van der Waals surface area contributed by atoms with Crippen molar-refractivity contribution in [3.8, 4) is 0 Å². The number of hydrogen-bond donors (Lipinski definition) is 1. The molecule has 1 saturated heterocycles. The molecule has 1 unspecified atom stereocenters. The quantitative estimate of drug-likeness (QED) is 0.459. The maximum atomic E-state index is 12.6. The average molecular weight is 404 g/mol. The summed E-state index contributed by atoms with van der Waals surface area (Å²) in [5.74, 6) is -1.01. The Kier molecular flexibility index (Phi) is 5.08. The third kappa shape index (κ3) is 3.26. The highest BCUT2D eigenvalue weighted by molar-refractivity contribution is 9.10. The number of carbonyl (C=O) groups excluding carboxylic acids is 2. The molecular weight excluding hydrogens is 386 g/mol. The van der Waals surface area contributed by atoms with Crippen molar-refractivity contribution in [2.24, 2.45) is 0 Å². The lowest BCUT2D eigenvalue weighted by atomic mass is 9.99. The summed E-state index contributed by atoms with van der Waals surface area (Å²) in [5.41, 5.74) is 0.548. The van der Waals surface area contributed by atoms with Crippen LogP contribution in [0.4, 0.5) is 0 Å². The summed E-state index contributed by atoms with van der Waals surface area (Å²) in [6, 6.07) is 9.63. The minimum Gasteiger partial charge on any atom is -0.507 e. The molecule has 130 valence electrons. The lowest BCUT2D eigenvalue weighted by molar-refractivity contribution is -0.140. The molecule has 3 rings (SSSR count). The van der Waals surface area contributed by atoms with Crippen molar-refractivity contribution in [1.82, 2.24) is 4.90 Å². The van der Waals surface area contributed by atoms with E-state index in [1.54, 1.807) is 36.4 Å². The van der Waals surface area contributed by atoms with E-state index in [1.807, 2.05) is 6.92 Å². The molecule has 1 aliphatic heterocycles. The number of hydrogen-bond acceptors (Lipinski definition) is 4. The van der Waals surface area contributed by atoms with Crippen molar-refractivity contribution >= 4 is 33.4 Å². The molecule has 2 aromatic rings. The Morgan fingerprint density at radius 1 is 1.24 bits per heavy atom. The van der Waals surface area contributed by atoms with Gasteiger partial charge in [0.25, 0.3) is 11.7 Å². The smallest absolute Gasteiger partial charge is 0.295 e. The van der Waals surface area contributed by atoms with Crippen molar-refractivity contribution in [2.75, 3.05) is 6.54 Å². The summed E-state index contributed by atoms with van der Waals surface area (Å²) in [6.07, 6.45) is 3.15. The van der Waals surface area contributed by atoms with Crippen LogP contribution in [0.1, 0.15) is 37.1 Å². The predicted molar refractivity (Wildman–Crippen MR) is 96.8 cm³/mol. The summed E-state index contributed by atoms with van der Waals surface area (Å²) >= 11 is 3.34. The minimum atomic E-state index is -0.704. The fraction of sp³-hybridized carbons (Fsp3) is 0.263. The second-order valence-electron chi connectivity index (χ2n) is 5.87. The number of nitrogens with zero attached hydrogens (tertiary/aromatic N) is 1.